The lowest BCUT2D eigenvalue weighted by Gasteiger charge is -2.38. The van der Waals surface area contributed by atoms with Gasteiger partial charge in [-0.1, -0.05) is 13.0 Å². The van der Waals surface area contributed by atoms with E-state index in [0.29, 0.717) is 5.75 Å². The molecule has 2 aromatic carbocycles. The van der Waals surface area contributed by atoms with Gasteiger partial charge in [-0.25, -0.2) is 16.8 Å². The molecule has 0 fully saturated rings. The number of carbonyl (C=O) groups excluding carboxylic acids is 1. The minimum absolute atomic E-state index is 0.00221. The van der Waals surface area contributed by atoms with Crippen molar-refractivity contribution in [3.63, 3.8) is 0 Å². The average Bonchev–Trinajstić information content (AvgIpc) is 3.51. The lowest BCUT2D eigenvalue weighted by Crippen LogP contribution is -2.50. The second-order valence-corrected chi connectivity index (χ2v) is 14.7. The summed E-state index contributed by atoms with van der Waals surface area (Å²) < 4.78 is 67.5. The second-order valence-electron chi connectivity index (χ2n) is 9.83. The lowest BCUT2D eigenvalue weighted by molar-refractivity contribution is 0.0387. The molecule has 0 unspecified atom stereocenters. The van der Waals surface area contributed by atoms with Crippen molar-refractivity contribution < 1.29 is 36.2 Å². The number of nitrogens with one attached hydrogen (secondary N) is 1. The Kier molecular flexibility index (Phi) is 9.29. The molecule has 2 N–H and O–H groups in total. The van der Waals surface area contributed by atoms with Gasteiger partial charge in [-0.2, -0.15) is 4.31 Å². The van der Waals surface area contributed by atoms with E-state index in [9.17, 15) is 26.7 Å². The van der Waals surface area contributed by atoms with Gasteiger partial charge in [0.15, 0.2) is 0 Å². The summed E-state index contributed by atoms with van der Waals surface area (Å²) in [4.78, 5) is 15.2. The molecule has 2 heterocycles. The largest absolute Gasteiger partial charge is 0.497 e. The first-order valence-corrected chi connectivity index (χ1v) is 16.6. The van der Waals surface area contributed by atoms with Gasteiger partial charge in [-0.3, -0.25) is 9.52 Å². The molecule has 0 bridgehead atoms. The summed E-state index contributed by atoms with van der Waals surface area (Å²) in [5.41, 5.74) is 0.219. The fourth-order valence-electron chi connectivity index (χ4n) is 4.39. The van der Waals surface area contributed by atoms with Gasteiger partial charge in [0, 0.05) is 25.2 Å². The first-order valence-electron chi connectivity index (χ1n) is 12.8. The standard InChI is InChI=1S/C27H33N3O8S3/c1-18-15-30(19(2)17-31)27(32)23-14-20(28-40(33,34)22-10-8-21(37-4)9-11-22)7-12-24(23)38-25(18)16-29(3)41(35,36)26-6-5-13-39-26/h5-14,18-19,25,28,31H,15-17H2,1-4H3/t18-,19-,25+/m1/s1. The minimum atomic E-state index is -3.99. The van der Waals surface area contributed by atoms with Crippen LogP contribution in [0.1, 0.15) is 24.2 Å². The fourth-order valence-corrected chi connectivity index (χ4v) is 7.82. The molecule has 1 aliphatic rings. The monoisotopic (exact) mass is 623 g/mol. The Morgan fingerprint density at radius 1 is 1.17 bits per heavy atom. The Labute approximate surface area is 244 Å². The van der Waals surface area contributed by atoms with Crippen molar-refractivity contribution >= 4 is 43.0 Å². The van der Waals surface area contributed by atoms with Gasteiger partial charge < -0.3 is 19.5 Å². The number of nitrogens with zero attached hydrogens (tertiary/aromatic N) is 2. The number of fused-ring (bicyclic) bond motifs is 1. The lowest BCUT2D eigenvalue weighted by atomic mass is 9.99. The molecular weight excluding hydrogens is 591 g/mol. The van der Waals surface area contributed by atoms with Crippen LogP contribution in [0.3, 0.4) is 0 Å². The van der Waals surface area contributed by atoms with Crippen LogP contribution in [-0.4, -0.2) is 83.1 Å². The van der Waals surface area contributed by atoms with Gasteiger partial charge in [0.25, 0.3) is 26.0 Å². The molecule has 0 saturated heterocycles. The third-order valence-corrected chi connectivity index (χ3v) is 11.5. The van der Waals surface area contributed by atoms with Gasteiger partial charge in [-0.05, 0) is 60.8 Å². The van der Waals surface area contributed by atoms with E-state index < -0.39 is 38.1 Å². The number of amides is 1. The van der Waals surface area contributed by atoms with Crippen molar-refractivity contribution in [1.29, 1.82) is 0 Å². The number of benzene rings is 2. The molecule has 4 rings (SSSR count). The number of hydrogen-bond acceptors (Lipinski definition) is 9. The summed E-state index contributed by atoms with van der Waals surface area (Å²) in [5, 5.41) is 11.6. The number of likely N-dealkylation sites (N-methyl/N-ethyl adjacent to an activating group) is 1. The maximum absolute atomic E-state index is 13.7. The molecular formula is C27H33N3O8S3. The van der Waals surface area contributed by atoms with Crippen LogP contribution >= 0.6 is 11.3 Å². The third-order valence-electron chi connectivity index (χ3n) is 6.88. The van der Waals surface area contributed by atoms with Crippen LogP contribution in [0.4, 0.5) is 5.69 Å². The van der Waals surface area contributed by atoms with E-state index in [1.165, 1.54) is 71.9 Å². The number of methoxy groups -OCH3 is 1. The quantitative estimate of drug-likeness (QED) is 0.351. The summed E-state index contributed by atoms with van der Waals surface area (Å²) in [7, 11) is -4.79. The van der Waals surface area contributed by atoms with E-state index in [1.807, 2.05) is 6.92 Å². The predicted octanol–water partition coefficient (Wildman–Crippen LogP) is 3.10. The smallest absolute Gasteiger partial charge is 0.261 e. The van der Waals surface area contributed by atoms with Crippen LogP contribution in [0.2, 0.25) is 0 Å². The number of aliphatic hydroxyl groups is 1. The Morgan fingerprint density at radius 3 is 2.49 bits per heavy atom. The van der Waals surface area contributed by atoms with E-state index in [-0.39, 0.29) is 51.7 Å². The van der Waals surface area contributed by atoms with Gasteiger partial charge in [0.2, 0.25) is 0 Å². The summed E-state index contributed by atoms with van der Waals surface area (Å²) in [6.45, 7) is 3.44. The fraction of sp³-hybridized carbons (Fsp3) is 0.370. The first-order chi connectivity index (χ1) is 19.4. The van der Waals surface area contributed by atoms with Crippen molar-refractivity contribution in [2.75, 3.05) is 38.6 Å². The van der Waals surface area contributed by atoms with Crippen molar-refractivity contribution in [3.05, 3.63) is 65.5 Å². The van der Waals surface area contributed by atoms with Crippen molar-refractivity contribution in [3.8, 4) is 11.5 Å². The van der Waals surface area contributed by atoms with E-state index in [2.05, 4.69) is 4.72 Å². The van der Waals surface area contributed by atoms with Crippen LogP contribution in [0.15, 0.2) is 69.1 Å². The molecule has 1 aliphatic heterocycles. The van der Waals surface area contributed by atoms with Crippen molar-refractivity contribution in [2.45, 2.75) is 35.1 Å². The van der Waals surface area contributed by atoms with Gasteiger partial charge in [-0.15, -0.1) is 11.3 Å². The molecule has 3 atom stereocenters. The number of thiophene rings is 1. The highest BCUT2D eigenvalue weighted by molar-refractivity contribution is 7.92. The molecule has 11 nitrogen and oxygen atoms in total. The Balaban J connectivity index is 1.67. The number of sulfonamides is 2. The topological polar surface area (TPSA) is 143 Å². The van der Waals surface area contributed by atoms with Crippen molar-refractivity contribution in [1.82, 2.24) is 9.21 Å². The Hall–Kier alpha value is -3.17. The molecule has 1 amide bonds. The molecule has 0 saturated carbocycles. The first kappa shape index (κ1) is 30.8. The third kappa shape index (κ3) is 6.67. The Bertz CT molecular complexity index is 1580. The summed E-state index contributed by atoms with van der Waals surface area (Å²) >= 11 is 1.12. The zero-order valence-electron chi connectivity index (χ0n) is 23.1. The van der Waals surface area contributed by atoms with Gasteiger partial charge >= 0.3 is 0 Å². The number of rotatable bonds is 10. The number of ether oxygens (including phenoxy) is 2. The molecule has 0 radical (unpaired) electrons. The molecule has 222 valence electrons. The number of carbonyl (C=O) groups is 1. The summed E-state index contributed by atoms with van der Waals surface area (Å²) in [6.07, 6.45) is -0.656. The highest BCUT2D eigenvalue weighted by Gasteiger charge is 2.35. The molecule has 0 spiro atoms. The maximum Gasteiger partial charge on any atom is 0.261 e. The maximum atomic E-state index is 13.7. The molecule has 3 aromatic rings. The van der Waals surface area contributed by atoms with Crippen LogP contribution < -0.4 is 14.2 Å². The molecule has 14 heteroatoms. The number of hydrogen-bond donors (Lipinski definition) is 2. The van der Waals surface area contributed by atoms with Crippen LogP contribution in [0.5, 0.6) is 11.5 Å². The van der Waals surface area contributed by atoms with E-state index in [4.69, 9.17) is 9.47 Å². The zero-order valence-corrected chi connectivity index (χ0v) is 25.5. The van der Waals surface area contributed by atoms with Crippen LogP contribution in [-0.2, 0) is 20.0 Å². The van der Waals surface area contributed by atoms with Crippen LogP contribution in [0, 0.1) is 5.92 Å². The second kappa shape index (κ2) is 12.4. The Morgan fingerprint density at radius 2 is 1.88 bits per heavy atom. The van der Waals surface area contributed by atoms with E-state index in [0.717, 1.165) is 11.3 Å². The van der Waals surface area contributed by atoms with E-state index in [1.54, 1.807) is 18.4 Å². The summed E-state index contributed by atoms with van der Waals surface area (Å²) in [6, 6.07) is 12.8. The van der Waals surface area contributed by atoms with E-state index >= 15 is 0 Å². The average molecular weight is 624 g/mol. The number of anilines is 1. The normalized spacial score (nSPS) is 18.7. The molecule has 41 heavy (non-hydrogen) atoms. The van der Waals surface area contributed by atoms with Gasteiger partial charge in [0.05, 0.1) is 36.8 Å². The SMILES string of the molecule is COc1ccc(S(=O)(=O)Nc2ccc3c(c2)C(=O)N([C@H](C)CO)C[C@@H](C)[C@H](CN(C)S(=O)(=O)c2cccs2)O3)cc1. The highest BCUT2D eigenvalue weighted by Crippen LogP contribution is 2.32. The highest BCUT2D eigenvalue weighted by atomic mass is 32.2. The molecule has 0 aliphatic carbocycles. The van der Waals surface area contributed by atoms with Crippen LogP contribution in [0.25, 0.3) is 0 Å². The molecule has 1 aromatic heterocycles. The zero-order chi connectivity index (χ0) is 29.9. The summed E-state index contributed by atoms with van der Waals surface area (Å²) in [5.74, 6) is -0.0771. The van der Waals surface area contributed by atoms with Crippen molar-refractivity contribution in [2.24, 2.45) is 5.92 Å². The minimum Gasteiger partial charge on any atom is -0.497 e. The predicted molar refractivity (Wildman–Crippen MR) is 156 cm³/mol. The van der Waals surface area contributed by atoms with Gasteiger partial charge in [0.1, 0.15) is 21.8 Å². The number of aliphatic hydroxyl groups excluding tert-OH is 1.